The van der Waals surface area contributed by atoms with E-state index in [1.54, 1.807) is 0 Å². The quantitative estimate of drug-likeness (QED) is 0.774. The van der Waals surface area contributed by atoms with Crippen LogP contribution in [0, 0.1) is 11.8 Å². The van der Waals surface area contributed by atoms with E-state index in [-0.39, 0.29) is 5.60 Å². The Kier molecular flexibility index (Phi) is 3.71. The fourth-order valence-electron chi connectivity index (χ4n) is 3.87. The van der Waals surface area contributed by atoms with E-state index in [0.717, 1.165) is 58.3 Å². The van der Waals surface area contributed by atoms with Crippen molar-refractivity contribution in [2.45, 2.75) is 57.0 Å². The average Bonchev–Trinajstić information content (AvgIpc) is 3.01. The van der Waals surface area contributed by atoms with Crippen molar-refractivity contribution in [3.63, 3.8) is 0 Å². The van der Waals surface area contributed by atoms with Gasteiger partial charge < -0.3 is 9.47 Å². The maximum atomic E-state index is 12.2. The van der Waals surface area contributed by atoms with E-state index in [1.807, 2.05) is 0 Å². The molecule has 1 aliphatic carbocycles. The summed E-state index contributed by atoms with van der Waals surface area (Å²) in [6.07, 6.45) is 8.67. The van der Waals surface area contributed by atoms with Gasteiger partial charge in [-0.1, -0.05) is 12.8 Å². The summed E-state index contributed by atoms with van der Waals surface area (Å²) in [5, 5.41) is 0. The van der Waals surface area contributed by atoms with Gasteiger partial charge in [0.1, 0.15) is 5.78 Å². The van der Waals surface area contributed by atoms with Crippen LogP contribution in [0.5, 0.6) is 0 Å². The number of carbonyl (C=O) groups is 1. The highest BCUT2D eigenvalue weighted by molar-refractivity contribution is 5.81. The Morgan fingerprint density at radius 3 is 2.72 bits per heavy atom. The molecule has 0 aromatic carbocycles. The number of Topliss-reactive ketones (excluding diaryl/α,β-unsaturated/α-hetero) is 1. The summed E-state index contributed by atoms with van der Waals surface area (Å²) in [5.74, 6) is 1.44. The van der Waals surface area contributed by atoms with Crippen LogP contribution in [0.1, 0.15) is 51.4 Å². The maximum absolute atomic E-state index is 12.2. The molecule has 102 valence electrons. The average molecular weight is 252 g/mol. The van der Waals surface area contributed by atoms with Crippen LogP contribution in [0.15, 0.2) is 0 Å². The molecule has 0 aromatic rings. The van der Waals surface area contributed by atoms with E-state index in [1.165, 1.54) is 12.8 Å². The first kappa shape index (κ1) is 12.6. The maximum Gasteiger partial charge on any atom is 0.136 e. The van der Waals surface area contributed by atoms with Gasteiger partial charge in [-0.25, -0.2) is 0 Å². The molecule has 2 heterocycles. The van der Waals surface area contributed by atoms with Gasteiger partial charge in [0.25, 0.3) is 0 Å². The van der Waals surface area contributed by atoms with Crippen molar-refractivity contribution >= 4 is 5.78 Å². The smallest absolute Gasteiger partial charge is 0.136 e. The number of hydrogen-bond acceptors (Lipinski definition) is 3. The fourth-order valence-corrected chi connectivity index (χ4v) is 3.87. The van der Waals surface area contributed by atoms with Gasteiger partial charge in [0.15, 0.2) is 0 Å². The molecule has 3 fully saturated rings. The molecule has 18 heavy (non-hydrogen) atoms. The summed E-state index contributed by atoms with van der Waals surface area (Å²) in [6.45, 7) is 2.37. The van der Waals surface area contributed by atoms with Crippen molar-refractivity contribution in [1.29, 1.82) is 0 Å². The van der Waals surface area contributed by atoms with Gasteiger partial charge in [-0.15, -0.1) is 0 Å². The molecule has 1 saturated carbocycles. The molecule has 0 radical (unpaired) electrons. The van der Waals surface area contributed by atoms with E-state index in [9.17, 15) is 4.79 Å². The van der Waals surface area contributed by atoms with Gasteiger partial charge >= 0.3 is 0 Å². The summed E-state index contributed by atoms with van der Waals surface area (Å²) in [6, 6.07) is 0. The first-order valence-corrected chi connectivity index (χ1v) is 7.52. The number of rotatable bonds is 3. The highest BCUT2D eigenvalue weighted by atomic mass is 16.6. The Hall–Kier alpha value is -0.410. The molecule has 2 unspecified atom stereocenters. The molecular formula is C15H24O3. The molecule has 0 N–H and O–H groups in total. The van der Waals surface area contributed by atoms with E-state index in [2.05, 4.69) is 0 Å². The molecule has 3 rings (SSSR count). The van der Waals surface area contributed by atoms with Crippen LogP contribution in [-0.2, 0) is 14.3 Å². The molecule has 0 amide bonds. The van der Waals surface area contributed by atoms with Crippen molar-refractivity contribution in [2.24, 2.45) is 11.8 Å². The lowest BCUT2D eigenvalue weighted by Crippen LogP contribution is -2.41. The zero-order chi connectivity index (χ0) is 12.4. The number of hydrogen-bond donors (Lipinski definition) is 0. The summed E-state index contributed by atoms with van der Waals surface area (Å²) in [5.41, 5.74) is -0.0428. The SMILES string of the molecule is O=C(CC1CCOC2(CCOC2)C1)C1CCCC1. The second-order valence-electron chi connectivity index (χ2n) is 6.34. The summed E-state index contributed by atoms with van der Waals surface area (Å²) in [4.78, 5) is 12.2. The van der Waals surface area contributed by atoms with Gasteiger partial charge in [-0.05, 0) is 31.6 Å². The van der Waals surface area contributed by atoms with Gasteiger partial charge in [0.05, 0.1) is 12.2 Å². The lowest BCUT2D eigenvalue weighted by molar-refractivity contribution is -0.128. The zero-order valence-corrected chi connectivity index (χ0v) is 11.2. The Labute approximate surface area is 109 Å². The van der Waals surface area contributed by atoms with Gasteiger partial charge in [-0.3, -0.25) is 4.79 Å². The molecular weight excluding hydrogens is 228 g/mol. The van der Waals surface area contributed by atoms with Crippen LogP contribution < -0.4 is 0 Å². The van der Waals surface area contributed by atoms with E-state index >= 15 is 0 Å². The second kappa shape index (κ2) is 5.30. The van der Waals surface area contributed by atoms with Crippen molar-refractivity contribution in [3.05, 3.63) is 0 Å². The topological polar surface area (TPSA) is 35.5 Å². The molecule has 3 aliphatic rings. The minimum atomic E-state index is -0.0428. The molecule has 1 spiro atoms. The van der Waals surface area contributed by atoms with Crippen LogP contribution in [0.2, 0.25) is 0 Å². The van der Waals surface area contributed by atoms with Crippen LogP contribution in [0.25, 0.3) is 0 Å². The van der Waals surface area contributed by atoms with Gasteiger partial charge in [-0.2, -0.15) is 0 Å². The molecule has 0 aromatic heterocycles. The monoisotopic (exact) mass is 252 g/mol. The first-order chi connectivity index (χ1) is 8.77. The fraction of sp³-hybridized carbons (Fsp3) is 0.933. The largest absolute Gasteiger partial charge is 0.378 e. The summed E-state index contributed by atoms with van der Waals surface area (Å²) in [7, 11) is 0. The zero-order valence-electron chi connectivity index (χ0n) is 11.2. The first-order valence-electron chi connectivity index (χ1n) is 7.52. The molecule has 3 nitrogen and oxygen atoms in total. The van der Waals surface area contributed by atoms with Crippen LogP contribution in [-0.4, -0.2) is 31.2 Å². The third-order valence-corrected chi connectivity index (χ3v) is 4.96. The molecule has 0 bridgehead atoms. The normalized spacial score (nSPS) is 37.4. The number of carbonyl (C=O) groups excluding carboxylic acids is 1. The minimum absolute atomic E-state index is 0.0428. The standard InChI is InChI=1S/C15H24O3/c16-14(13-3-1-2-4-13)9-12-5-7-18-15(10-12)6-8-17-11-15/h12-13H,1-11H2. The third kappa shape index (κ3) is 2.62. The predicted molar refractivity (Wildman–Crippen MR) is 68.4 cm³/mol. The summed E-state index contributed by atoms with van der Waals surface area (Å²) < 4.78 is 11.4. The highest BCUT2D eigenvalue weighted by Crippen LogP contribution is 2.38. The van der Waals surface area contributed by atoms with Crippen LogP contribution in [0.4, 0.5) is 0 Å². The Morgan fingerprint density at radius 1 is 1.17 bits per heavy atom. The van der Waals surface area contributed by atoms with Crippen LogP contribution >= 0.6 is 0 Å². The Bertz CT molecular complexity index is 301. The minimum Gasteiger partial charge on any atom is -0.378 e. The van der Waals surface area contributed by atoms with Crippen molar-refractivity contribution in [3.8, 4) is 0 Å². The van der Waals surface area contributed by atoms with Crippen LogP contribution in [0.3, 0.4) is 0 Å². The van der Waals surface area contributed by atoms with Crippen molar-refractivity contribution in [2.75, 3.05) is 19.8 Å². The molecule has 3 heteroatoms. The summed E-state index contributed by atoms with van der Waals surface area (Å²) >= 11 is 0. The second-order valence-corrected chi connectivity index (χ2v) is 6.34. The molecule has 2 aliphatic heterocycles. The van der Waals surface area contributed by atoms with E-state index in [4.69, 9.17) is 9.47 Å². The Morgan fingerprint density at radius 2 is 2.00 bits per heavy atom. The van der Waals surface area contributed by atoms with E-state index < -0.39 is 0 Å². The van der Waals surface area contributed by atoms with Gasteiger partial charge in [0, 0.05) is 32.0 Å². The predicted octanol–water partition coefficient (Wildman–Crippen LogP) is 2.72. The third-order valence-electron chi connectivity index (χ3n) is 4.96. The number of ether oxygens (including phenoxy) is 2. The number of ketones is 1. The lowest BCUT2D eigenvalue weighted by Gasteiger charge is -2.37. The highest BCUT2D eigenvalue weighted by Gasteiger charge is 2.41. The van der Waals surface area contributed by atoms with Crippen molar-refractivity contribution in [1.82, 2.24) is 0 Å². The Balaban J connectivity index is 1.54. The van der Waals surface area contributed by atoms with Crippen molar-refractivity contribution < 1.29 is 14.3 Å². The van der Waals surface area contributed by atoms with Gasteiger partial charge in [0.2, 0.25) is 0 Å². The molecule has 2 saturated heterocycles. The van der Waals surface area contributed by atoms with E-state index in [0.29, 0.717) is 17.6 Å². The lowest BCUT2D eigenvalue weighted by atomic mass is 9.81. The molecule has 2 atom stereocenters.